The van der Waals surface area contributed by atoms with Crippen molar-refractivity contribution in [3.63, 3.8) is 0 Å². The van der Waals surface area contributed by atoms with Crippen LogP contribution in [0.2, 0.25) is 0 Å². The number of urea groups is 1. The summed E-state index contributed by atoms with van der Waals surface area (Å²) in [6.45, 7) is 4.09. The lowest BCUT2D eigenvalue weighted by atomic mass is 9.99. The second-order valence-electron chi connectivity index (χ2n) is 5.74. The van der Waals surface area contributed by atoms with Crippen LogP contribution in [0.5, 0.6) is 11.5 Å². The van der Waals surface area contributed by atoms with Gasteiger partial charge in [0.15, 0.2) is 11.5 Å². The van der Waals surface area contributed by atoms with Gasteiger partial charge in [0.05, 0.1) is 20.8 Å². The summed E-state index contributed by atoms with van der Waals surface area (Å²) in [5.41, 5.74) is 2.31. The van der Waals surface area contributed by atoms with Gasteiger partial charge in [0.2, 0.25) is 5.91 Å². The largest absolute Gasteiger partial charge is 0.493 e. The number of fused-ring (bicyclic) bond motifs is 1. The number of hydrogen-bond acceptors (Lipinski definition) is 5. The molecule has 0 unspecified atom stereocenters. The van der Waals surface area contributed by atoms with Crippen molar-refractivity contribution >= 4 is 11.9 Å². The fourth-order valence-corrected chi connectivity index (χ4v) is 2.73. The number of ether oxygens (including phenoxy) is 2. The van der Waals surface area contributed by atoms with Gasteiger partial charge in [0, 0.05) is 19.6 Å². The average Bonchev–Trinajstić information content (AvgIpc) is 2.58. The molecule has 1 aromatic rings. The van der Waals surface area contributed by atoms with Gasteiger partial charge in [-0.25, -0.2) is 4.79 Å². The third-order valence-electron chi connectivity index (χ3n) is 3.95. The molecule has 0 saturated carbocycles. The Labute approximate surface area is 142 Å². The van der Waals surface area contributed by atoms with Crippen molar-refractivity contribution in [2.45, 2.75) is 26.3 Å². The molecule has 0 saturated heterocycles. The highest BCUT2D eigenvalue weighted by Gasteiger charge is 2.21. The summed E-state index contributed by atoms with van der Waals surface area (Å²) in [5, 5.41) is 4.98. The Morgan fingerprint density at radius 3 is 2.46 bits per heavy atom. The summed E-state index contributed by atoms with van der Waals surface area (Å²) in [6, 6.07) is 3.50. The first-order chi connectivity index (χ1) is 11.6. The molecule has 24 heavy (non-hydrogen) atoms. The molecule has 0 spiro atoms. The van der Waals surface area contributed by atoms with Gasteiger partial charge in [-0.15, -0.1) is 0 Å². The van der Waals surface area contributed by atoms with Crippen LogP contribution in [0.25, 0.3) is 0 Å². The summed E-state index contributed by atoms with van der Waals surface area (Å²) < 4.78 is 10.7. The van der Waals surface area contributed by atoms with Crippen LogP contribution in [0.1, 0.15) is 24.5 Å². The summed E-state index contributed by atoms with van der Waals surface area (Å²) in [5.74, 6) is 1.10. The smallest absolute Gasteiger partial charge is 0.321 e. The SMILES string of the molecule is CCCNC(=O)NC(=O)CN1CCc2cc(OC)c(OC)cc2C1. The monoisotopic (exact) mass is 335 g/mol. The van der Waals surface area contributed by atoms with Crippen LogP contribution in [-0.2, 0) is 17.8 Å². The lowest BCUT2D eigenvalue weighted by Crippen LogP contribution is -2.45. The van der Waals surface area contributed by atoms with Crippen LogP contribution < -0.4 is 20.1 Å². The minimum atomic E-state index is -0.439. The maximum atomic E-state index is 12.0. The Balaban J connectivity index is 1.94. The lowest BCUT2D eigenvalue weighted by molar-refractivity contribution is -0.121. The van der Waals surface area contributed by atoms with Crippen molar-refractivity contribution in [3.05, 3.63) is 23.3 Å². The number of benzene rings is 1. The first kappa shape index (κ1) is 18.1. The van der Waals surface area contributed by atoms with E-state index in [9.17, 15) is 9.59 Å². The maximum Gasteiger partial charge on any atom is 0.321 e. The van der Waals surface area contributed by atoms with Crippen molar-refractivity contribution in [1.82, 2.24) is 15.5 Å². The second-order valence-corrected chi connectivity index (χ2v) is 5.74. The Hall–Kier alpha value is -2.28. The molecule has 0 atom stereocenters. The van der Waals surface area contributed by atoms with Crippen LogP contribution in [0.4, 0.5) is 4.79 Å². The standard InChI is InChI=1S/C17H25N3O4/c1-4-6-18-17(22)19-16(21)11-20-7-5-12-8-14(23-2)15(24-3)9-13(12)10-20/h8-9H,4-7,10-11H2,1-3H3,(H2,18,19,21,22). The first-order valence-corrected chi connectivity index (χ1v) is 8.11. The van der Waals surface area contributed by atoms with Gasteiger partial charge < -0.3 is 14.8 Å². The molecule has 2 N–H and O–H groups in total. The Morgan fingerprint density at radius 1 is 1.17 bits per heavy atom. The number of nitrogens with zero attached hydrogens (tertiary/aromatic N) is 1. The van der Waals surface area contributed by atoms with E-state index in [0.717, 1.165) is 30.7 Å². The van der Waals surface area contributed by atoms with E-state index in [1.165, 1.54) is 5.56 Å². The molecule has 7 nitrogen and oxygen atoms in total. The van der Waals surface area contributed by atoms with Gasteiger partial charge in [-0.3, -0.25) is 15.0 Å². The van der Waals surface area contributed by atoms with Gasteiger partial charge in [0.25, 0.3) is 0 Å². The molecular weight excluding hydrogens is 310 g/mol. The Bertz CT molecular complexity index is 604. The van der Waals surface area contributed by atoms with E-state index in [-0.39, 0.29) is 12.5 Å². The topological polar surface area (TPSA) is 79.9 Å². The molecule has 1 aromatic carbocycles. The fraction of sp³-hybridized carbons (Fsp3) is 0.529. The van der Waals surface area contributed by atoms with E-state index in [1.54, 1.807) is 14.2 Å². The van der Waals surface area contributed by atoms with Crippen molar-refractivity contribution in [3.8, 4) is 11.5 Å². The summed E-state index contributed by atoms with van der Waals surface area (Å²) >= 11 is 0. The third kappa shape index (κ3) is 4.61. The van der Waals surface area contributed by atoms with Crippen molar-refractivity contribution in [2.75, 3.05) is 33.9 Å². The number of amides is 3. The molecule has 0 fully saturated rings. The fourth-order valence-electron chi connectivity index (χ4n) is 2.73. The Kier molecular flexibility index (Phi) is 6.43. The molecule has 2 rings (SSSR count). The van der Waals surface area contributed by atoms with E-state index < -0.39 is 6.03 Å². The Morgan fingerprint density at radius 2 is 1.83 bits per heavy atom. The van der Waals surface area contributed by atoms with Gasteiger partial charge in [-0.05, 0) is 36.1 Å². The number of carbonyl (C=O) groups excluding carboxylic acids is 2. The van der Waals surface area contributed by atoms with E-state index in [2.05, 4.69) is 10.6 Å². The predicted octanol–water partition coefficient (Wildman–Crippen LogP) is 1.30. The number of nitrogens with one attached hydrogen (secondary N) is 2. The number of rotatable bonds is 6. The molecule has 1 heterocycles. The van der Waals surface area contributed by atoms with Crippen molar-refractivity contribution in [1.29, 1.82) is 0 Å². The van der Waals surface area contributed by atoms with E-state index >= 15 is 0 Å². The average molecular weight is 335 g/mol. The predicted molar refractivity (Wildman–Crippen MR) is 90.4 cm³/mol. The summed E-state index contributed by atoms with van der Waals surface area (Å²) in [4.78, 5) is 25.5. The van der Waals surface area contributed by atoms with Crippen LogP contribution in [0, 0.1) is 0 Å². The van der Waals surface area contributed by atoms with Crippen LogP contribution in [0.15, 0.2) is 12.1 Å². The highest BCUT2D eigenvalue weighted by atomic mass is 16.5. The van der Waals surface area contributed by atoms with Gasteiger partial charge in [-0.1, -0.05) is 6.92 Å². The third-order valence-corrected chi connectivity index (χ3v) is 3.95. The molecule has 1 aliphatic rings. The molecule has 132 valence electrons. The van der Waals surface area contributed by atoms with Crippen LogP contribution in [0.3, 0.4) is 0 Å². The number of imide groups is 1. The molecule has 0 aliphatic carbocycles. The van der Waals surface area contributed by atoms with Crippen LogP contribution >= 0.6 is 0 Å². The van der Waals surface area contributed by atoms with Gasteiger partial charge >= 0.3 is 6.03 Å². The molecule has 0 bridgehead atoms. The lowest BCUT2D eigenvalue weighted by Gasteiger charge is -2.28. The van der Waals surface area contributed by atoms with Crippen LogP contribution in [-0.4, -0.2) is 50.7 Å². The zero-order valence-corrected chi connectivity index (χ0v) is 14.5. The molecule has 0 aromatic heterocycles. The molecular formula is C17H25N3O4. The number of carbonyl (C=O) groups is 2. The number of methoxy groups -OCH3 is 2. The van der Waals surface area contributed by atoms with E-state index in [4.69, 9.17) is 9.47 Å². The van der Waals surface area contributed by atoms with E-state index in [0.29, 0.717) is 18.8 Å². The highest BCUT2D eigenvalue weighted by Crippen LogP contribution is 2.33. The van der Waals surface area contributed by atoms with Gasteiger partial charge in [-0.2, -0.15) is 0 Å². The van der Waals surface area contributed by atoms with E-state index in [1.807, 2.05) is 24.0 Å². The van der Waals surface area contributed by atoms with Crippen molar-refractivity contribution in [2.24, 2.45) is 0 Å². The highest BCUT2D eigenvalue weighted by molar-refractivity contribution is 5.95. The minimum absolute atomic E-state index is 0.188. The second kappa shape index (κ2) is 8.54. The zero-order valence-electron chi connectivity index (χ0n) is 14.5. The number of hydrogen-bond donors (Lipinski definition) is 2. The molecule has 7 heteroatoms. The molecule has 0 radical (unpaired) electrons. The van der Waals surface area contributed by atoms with Gasteiger partial charge in [0.1, 0.15) is 0 Å². The zero-order chi connectivity index (χ0) is 17.5. The maximum absolute atomic E-state index is 12.0. The first-order valence-electron chi connectivity index (χ1n) is 8.11. The quantitative estimate of drug-likeness (QED) is 0.819. The molecule has 3 amide bonds. The van der Waals surface area contributed by atoms with Crippen molar-refractivity contribution < 1.29 is 19.1 Å². The molecule has 1 aliphatic heterocycles. The summed E-state index contributed by atoms with van der Waals surface area (Å²) in [7, 11) is 3.22. The normalized spacial score (nSPS) is 13.8. The minimum Gasteiger partial charge on any atom is -0.493 e. The summed E-state index contributed by atoms with van der Waals surface area (Å²) in [6.07, 6.45) is 1.65.